The lowest BCUT2D eigenvalue weighted by atomic mass is 9.99. The highest BCUT2D eigenvalue weighted by molar-refractivity contribution is 5.76. The molecule has 0 aliphatic carbocycles. The molecule has 2 unspecified atom stereocenters. The molecule has 1 N–H and O–H groups in total. The molecule has 1 amide bonds. The first-order valence-corrected chi connectivity index (χ1v) is 6.09. The number of nitrogens with zero attached hydrogens (tertiary/aromatic N) is 1. The predicted molar refractivity (Wildman–Crippen MR) is 60.5 cm³/mol. The average Bonchev–Trinajstić information content (AvgIpc) is 2.28. The molecule has 88 valence electrons. The van der Waals surface area contributed by atoms with E-state index in [4.69, 9.17) is 0 Å². The minimum absolute atomic E-state index is 0.0790. The van der Waals surface area contributed by atoms with Crippen molar-refractivity contribution in [3.63, 3.8) is 0 Å². The Morgan fingerprint density at radius 3 is 2.87 bits per heavy atom. The van der Waals surface area contributed by atoms with Gasteiger partial charge in [-0.3, -0.25) is 4.79 Å². The van der Waals surface area contributed by atoms with Crippen molar-refractivity contribution < 1.29 is 9.90 Å². The minimum atomic E-state index is 0.0790. The van der Waals surface area contributed by atoms with Crippen LogP contribution < -0.4 is 0 Å². The Morgan fingerprint density at radius 1 is 1.53 bits per heavy atom. The molecule has 2 atom stereocenters. The third-order valence-electron chi connectivity index (χ3n) is 3.38. The summed E-state index contributed by atoms with van der Waals surface area (Å²) < 4.78 is 0. The van der Waals surface area contributed by atoms with Gasteiger partial charge in [0.2, 0.25) is 5.91 Å². The molecule has 3 nitrogen and oxygen atoms in total. The van der Waals surface area contributed by atoms with Gasteiger partial charge in [-0.15, -0.1) is 0 Å². The van der Waals surface area contributed by atoms with Crippen molar-refractivity contribution >= 4 is 5.91 Å². The van der Waals surface area contributed by atoms with E-state index in [-0.39, 0.29) is 18.6 Å². The summed E-state index contributed by atoms with van der Waals surface area (Å²) in [7, 11) is 0. The molecule has 0 spiro atoms. The van der Waals surface area contributed by atoms with Gasteiger partial charge in [0.05, 0.1) is 12.6 Å². The Hall–Kier alpha value is -0.570. The second-order valence-electron chi connectivity index (χ2n) is 4.64. The Kier molecular flexibility index (Phi) is 5.09. The highest BCUT2D eigenvalue weighted by Gasteiger charge is 2.26. The standard InChI is InChI=1S/C12H23NO2/c1-3-10(2)8-12(15)13-7-5-4-6-11(13)9-14/h10-11,14H,3-9H2,1-2H3. The maximum atomic E-state index is 12.0. The lowest BCUT2D eigenvalue weighted by Crippen LogP contribution is -2.46. The number of aliphatic hydroxyl groups excluding tert-OH is 1. The number of carbonyl (C=O) groups is 1. The Labute approximate surface area is 92.5 Å². The topological polar surface area (TPSA) is 40.5 Å². The van der Waals surface area contributed by atoms with Crippen LogP contribution in [0.4, 0.5) is 0 Å². The number of rotatable bonds is 4. The zero-order chi connectivity index (χ0) is 11.3. The second-order valence-corrected chi connectivity index (χ2v) is 4.64. The van der Waals surface area contributed by atoms with Gasteiger partial charge in [-0.05, 0) is 25.2 Å². The van der Waals surface area contributed by atoms with E-state index < -0.39 is 0 Å². The van der Waals surface area contributed by atoms with Gasteiger partial charge in [-0.1, -0.05) is 20.3 Å². The molecular formula is C12H23NO2. The summed E-state index contributed by atoms with van der Waals surface area (Å²) in [6, 6.07) is 0.0790. The Balaban J connectivity index is 2.48. The van der Waals surface area contributed by atoms with E-state index in [1.807, 2.05) is 4.90 Å². The van der Waals surface area contributed by atoms with Crippen LogP contribution in [0.3, 0.4) is 0 Å². The van der Waals surface area contributed by atoms with Crippen molar-refractivity contribution in [1.29, 1.82) is 0 Å². The zero-order valence-electron chi connectivity index (χ0n) is 9.91. The summed E-state index contributed by atoms with van der Waals surface area (Å²) in [6.07, 6.45) is 4.86. The van der Waals surface area contributed by atoms with E-state index in [9.17, 15) is 9.90 Å². The number of hydrogen-bond acceptors (Lipinski definition) is 2. The molecule has 1 saturated heterocycles. The summed E-state index contributed by atoms with van der Waals surface area (Å²) in [4.78, 5) is 13.8. The van der Waals surface area contributed by atoms with E-state index in [1.165, 1.54) is 0 Å². The van der Waals surface area contributed by atoms with Crippen LogP contribution in [0.2, 0.25) is 0 Å². The van der Waals surface area contributed by atoms with Crippen LogP contribution in [0.5, 0.6) is 0 Å². The molecule has 0 aromatic rings. The van der Waals surface area contributed by atoms with Crippen LogP contribution in [-0.2, 0) is 4.79 Å². The van der Waals surface area contributed by atoms with Crippen LogP contribution in [0.15, 0.2) is 0 Å². The fourth-order valence-electron chi connectivity index (χ4n) is 2.08. The van der Waals surface area contributed by atoms with Gasteiger partial charge < -0.3 is 10.0 Å². The number of amides is 1. The van der Waals surface area contributed by atoms with Crippen molar-refractivity contribution in [3.05, 3.63) is 0 Å². The molecule has 1 fully saturated rings. The average molecular weight is 213 g/mol. The van der Waals surface area contributed by atoms with Crippen molar-refractivity contribution in [1.82, 2.24) is 4.90 Å². The number of carbonyl (C=O) groups excluding carboxylic acids is 1. The summed E-state index contributed by atoms with van der Waals surface area (Å²) in [5, 5.41) is 9.21. The summed E-state index contributed by atoms with van der Waals surface area (Å²) >= 11 is 0. The first-order chi connectivity index (χ1) is 7.19. The maximum absolute atomic E-state index is 12.0. The van der Waals surface area contributed by atoms with Crippen molar-refractivity contribution in [2.75, 3.05) is 13.2 Å². The molecule has 15 heavy (non-hydrogen) atoms. The monoisotopic (exact) mass is 213 g/mol. The van der Waals surface area contributed by atoms with Crippen molar-refractivity contribution in [2.24, 2.45) is 5.92 Å². The molecular weight excluding hydrogens is 190 g/mol. The molecule has 1 aliphatic rings. The molecule has 0 saturated carbocycles. The van der Waals surface area contributed by atoms with Gasteiger partial charge in [0, 0.05) is 13.0 Å². The van der Waals surface area contributed by atoms with E-state index >= 15 is 0 Å². The number of piperidine rings is 1. The van der Waals surface area contributed by atoms with E-state index in [0.717, 1.165) is 32.2 Å². The van der Waals surface area contributed by atoms with Gasteiger partial charge in [-0.25, -0.2) is 0 Å². The van der Waals surface area contributed by atoms with Crippen LogP contribution in [0.25, 0.3) is 0 Å². The maximum Gasteiger partial charge on any atom is 0.223 e. The first kappa shape index (κ1) is 12.5. The first-order valence-electron chi connectivity index (χ1n) is 6.09. The van der Waals surface area contributed by atoms with Crippen LogP contribution in [0, 0.1) is 5.92 Å². The van der Waals surface area contributed by atoms with Gasteiger partial charge in [-0.2, -0.15) is 0 Å². The molecule has 0 aromatic carbocycles. The molecule has 3 heteroatoms. The fourth-order valence-corrected chi connectivity index (χ4v) is 2.08. The number of likely N-dealkylation sites (tertiary alicyclic amines) is 1. The highest BCUT2D eigenvalue weighted by atomic mass is 16.3. The third kappa shape index (κ3) is 3.49. The zero-order valence-corrected chi connectivity index (χ0v) is 9.91. The summed E-state index contributed by atoms with van der Waals surface area (Å²) in [6.45, 7) is 5.17. The SMILES string of the molecule is CCC(C)CC(=O)N1CCCCC1CO. The lowest BCUT2D eigenvalue weighted by Gasteiger charge is -2.35. The second kappa shape index (κ2) is 6.11. The van der Waals surface area contributed by atoms with Gasteiger partial charge >= 0.3 is 0 Å². The highest BCUT2D eigenvalue weighted by Crippen LogP contribution is 2.19. The quantitative estimate of drug-likeness (QED) is 0.773. The third-order valence-corrected chi connectivity index (χ3v) is 3.38. The van der Waals surface area contributed by atoms with Crippen LogP contribution in [-0.4, -0.2) is 35.1 Å². The van der Waals surface area contributed by atoms with Crippen molar-refractivity contribution in [3.8, 4) is 0 Å². The van der Waals surface area contributed by atoms with Crippen molar-refractivity contribution in [2.45, 2.75) is 52.0 Å². The van der Waals surface area contributed by atoms with E-state index in [2.05, 4.69) is 13.8 Å². The largest absolute Gasteiger partial charge is 0.394 e. The molecule has 0 aromatic heterocycles. The van der Waals surface area contributed by atoms with E-state index in [0.29, 0.717) is 12.3 Å². The minimum Gasteiger partial charge on any atom is -0.394 e. The van der Waals surface area contributed by atoms with Gasteiger partial charge in [0.1, 0.15) is 0 Å². The van der Waals surface area contributed by atoms with Gasteiger partial charge in [0.15, 0.2) is 0 Å². The summed E-state index contributed by atoms with van der Waals surface area (Å²) in [5.41, 5.74) is 0. The Morgan fingerprint density at radius 2 is 2.27 bits per heavy atom. The van der Waals surface area contributed by atoms with Crippen LogP contribution >= 0.6 is 0 Å². The Bertz CT molecular complexity index is 206. The molecule has 1 aliphatic heterocycles. The summed E-state index contributed by atoms with van der Waals surface area (Å²) in [5.74, 6) is 0.682. The molecule has 1 rings (SSSR count). The molecule has 1 heterocycles. The lowest BCUT2D eigenvalue weighted by molar-refractivity contribution is -0.136. The molecule has 0 bridgehead atoms. The normalized spacial score (nSPS) is 23.9. The van der Waals surface area contributed by atoms with E-state index in [1.54, 1.807) is 0 Å². The number of hydrogen-bond donors (Lipinski definition) is 1. The molecule has 0 radical (unpaired) electrons. The van der Waals surface area contributed by atoms with Gasteiger partial charge in [0.25, 0.3) is 0 Å². The fraction of sp³-hybridized carbons (Fsp3) is 0.917. The number of aliphatic hydroxyl groups is 1. The van der Waals surface area contributed by atoms with Crippen LogP contribution in [0.1, 0.15) is 46.0 Å². The smallest absolute Gasteiger partial charge is 0.223 e. The predicted octanol–water partition coefficient (Wildman–Crippen LogP) is 1.80.